The predicted molar refractivity (Wildman–Crippen MR) is 159 cm³/mol. The molecule has 0 aliphatic carbocycles. The number of aromatic nitrogens is 1. The van der Waals surface area contributed by atoms with Crippen molar-refractivity contribution in [2.45, 2.75) is 32.9 Å². The molecule has 0 unspecified atom stereocenters. The highest BCUT2D eigenvalue weighted by Crippen LogP contribution is 2.37. The third kappa shape index (κ3) is 5.29. The molecule has 7 nitrogen and oxygen atoms in total. The number of hydrogen-bond donors (Lipinski definition) is 1. The van der Waals surface area contributed by atoms with E-state index in [9.17, 15) is 14.7 Å². The normalized spacial score (nSPS) is 15.7. The zero-order valence-corrected chi connectivity index (χ0v) is 26.4. The lowest BCUT2D eigenvalue weighted by atomic mass is 9.95. The molecule has 2 aromatic carbocycles. The van der Waals surface area contributed by atoms with Crippen molar-refractivity contribution in [3.8, 4) is 11.5 Å². The molecule has 0 fully saturated rings. The first-order valence-corrected chi connectivity index (χ1v) is 14.5. The number of rotatable bonds is 5. The van der Waals surface area contributed by atoms with Gasteiger partial charge in [0.2, 0.25) is 0 Å². The molecule has 1 aliphatic heterocycles. The van der Waals surface area contributed by atoms with Gasteiger partial charge in [-0.3, -0.25) is 9.36 Å². The van der Waals surface area contributed by atoms with Crippen LogP contribution in [0.15, 0.2) is 55.9 Å². The van der Waals surface area contributed by atoms with Gasteiger partial charge in [-0.25, -0.2) is 9.79 Å². The van der Waals surface area contributed by atoms with E-state index in [1.807, 2.05) is 24.3 Å². The third-order valence-corrected chi connectivity index (χ3v) is 8.53. The number of methoxy groups -OCH3 is 1. The molecular formula is C25H21BrI2N2O5S. The van der Waals surface area contributed by atoms with Crippen LogP contribution in [0.25, 0.3) is 6.08 Å². The van der Waals surface area contributed by atoms with Crippen molar-refractivity contribution >= 4 is 84.5 Å². The average Bonchev–Trinajstić information content (AvgIpc) is 3.10. The number of phenolic OH excluding ortho intramolecular Hbond substituents is 1. The van der Waals surface area contributed by atoms with Gasteiger partial charge in [0.1, 0.15) is 17.5 Å². The van der Waals surface area contributed by atoms with E-state index in [0.717, 1.165) is 10.0 Å². The van der Waals surface area contributed by atoms with Crippen LogP contribution in [0.2, 0.25) is 0 Å². The van der Waals surface area contributed by atoms with E-state index >= 15 is 0 Å². The Morgan fingerprint density at radius 2 is 1.92 bits per heavy atom. The number of nitrogens with zero attached hydrogens (tertiary/aromatic N) is 2. The van der Waals surface area contributed by atoms with Crippen LogP contribution in [-0.4, -0.2) is 28.9 Å². The largest absolute Gasteiger partial charge is 0.506 e. The maximum atomic E-state index is 13.8. The van der Waals surface area contributed by atoms with Crippen LogP contribution in [0.1, 0.15) is 37.9 Å². The van der Waals surface area contributed by atoms with E-state index in [2.05, 4.69) is 66.1 Å². The average molecular weight is 795 g/mol. The first-order valence-electron chi connectivity index (χ1n) is 10.8. The smallest absolute Gasteiger partial charge is 0.338 e. The fraction of sp³-hybridized carbons (Fsp3) is 0.240. The van der Waals surface area contributed by atoms with E-state index in [1.54, 1.807) is 40.0 Å². The van der Waals surface area contributed by atoms with E-state index in [4.69, 9.17) is 9.47 Å². The molecule has 1 aliphatic rings. The lowest BCUT2D eigenvalue weighted by Crippen LogP contribution is -2.40. The number of fused-ring (bicyclic) bond motifs is 1. The van der Waals surface area contributed by atoms with Gasteiger partial charge in [0, 0.05) is 10.0 Å². The molecule has 0 amide bonds. The van der Waals surface area contributed by atoms with Crippen molar-refractivity contribution in [2.75, 3.05) is 7.11 Å². The summed E-state index contributed by atoms with van der Waals surface area (Å²) in [6.07, 6.45) is 1.43. The van der Waals surface area contributed by atoms with Crippen molar-refractivity contribution in [1.29, 1.82) is 0 Å². The third-order valence-electron chi connectivity index (χ3n) is 5.41. The van der Waals surface area contributed by atoms with Crippen LogP contribution in [0.3, 0.4) is 0 Å². The summed E-state index contributed by atoms with van der Waals surface area (Å²) in [6, 6.07) is 8.29. The van der Waals surface area contributed by atoms with Crippen LogP contribution in [-0.2, 0) is 9.53 Å². The fourth-order valence-corrected chi connectivity index (χ4v) is 7.13. The van der Waals surface area contributed by atoms with Crippen LogP contribution < -0.4 is 19.6 Å². The van der Waals surface area contributed by atoms with Gasteiger partial charge in [-0.15, -0.1) is 0 Å². The molecule has 1 aromatic heterocycles. The molecule has 11 heteroatoms. The molecule has 0 saturated carbocycles. The summed E-state index contributed by atoms with van der Waals surface area (Å²) in [4.78, 5) is 32.2. The second kappa shape index (κ2) is 11.0. The number of aromatic hydroxyl groups is 1. The highest BCUT2D eigenvalue weighted by molar-refractivity contribution is 14.1. The molecule has 0 bridgehead atoms. The van der Waals surface area contributed by atoms with Gasteiger partial charge >= 0.3 is 5.97 Å². The van der Waals surface area contributed by atoms with Crippen molar-refractivity contribution in [3.05, 3.63) is 84.0 Å². The van der Waals surface area contributed by atoms with Gasteiger partial charge in [-0.05, 0) is 108 Å². The topological polar surface area (TPSA) is 90.1 Å². The van der Waals surface area contributed by atoms with Crippen molar-refractivity contribution < 1.29 is 19.4 Å². The Hall–Kier alpha value is -1.71. The molecule has 1 N–H and O–H groups in total. The second-order valence-electron chi connectivity index (χ2n) is 8.26. The van der Waals surface area contributed by atoms with Gasteiger partial charge in [0.05, 0.1) is 36.2 Å². The molecule has 0 spiro atoms. The standard InChI is InChI=1S/C25H21BrI2N2O5S/c1-11(2)35-24(33)20-12(3)29-25-30(21(20)15-10-14(26)5-6-18(15)34-4)23(32)19(36-25)9-13-7-16(27)22(31)17(28)8-13/h5-11,21,31H,1-4H3/b19-9-/t21-/m1/s1. The number of halogens is 3. The van der Waals surface area contributed by atoms with Gasteiger partial charge in [0.15, 0.2) is 4.80 Å². The second-order valence-corrected chi connectivity index (χ2v) is 12.5. The van der Waals surface area contributed by atoms with Crippen LogP contribution in [0.5, 0.6) is 11.5 Å². The Balaban J connectivity index is 2.01. The SMILES string of the molecule is COc1ccc(Br)cc1[C@@H]1C(C(=O)OC(C)C)=C(C)N=c2s/c(=C\c3cc(I)c(O)c(I)c3)c(=O)n21. The lowest BCUT2D eigenvalue weighted by Gasteiger charge is -2.26. The summed E-state index contributed by atoms with van der Waals surface area (Å²) in [5.41, 5.74) is 1.89. The molecule has 2 heterocycles. The van der Waals surface area contributed by atoms with Crippen molar-refractivity contribution in [3.63, 3.8) is 0 Å². The number of ether oxygens (including phenoxy) is 2. The molecular weight excluding hydrogens is 774 g/mol. The number of thiazole rings is 1. The molecule has 0 radical (unpaired) electrons. The van der Waals surface area contributed by atoms with Gasteiger partial charge in [-0.2, -0.15) is 0 Å². The number of carbonyl (C=O) groups is 1. The zero-order chi connectivity index (χ0) is 26.3. The number of hydrogen-bond acceptors (Lipinski definition) is 7. The Morgan fingerprint density at radius 3 is 2.53 bits per heavy atom. The lowest BCUT2D eigenvalue weighted by molar-refractivity contribution is -0.143. The van der Waals surface area contributed by atoms with Crippen molar-refractivity contribution in [2.24, 2.45) is 4.99 Å². The first kappa shape index (κ1) is 27.3. The van der Waals surface area contributed by atoms with E-state index in [-0.39, 0.29) is 23.0 Å². The quantitative estimate of drug-likeness (QED) is 0.294. The van der Waals surface area contributed by atoms with E-state index < -0.39 is 12.0 Å². The molecule has 3 aromatic rings. The van der Waals surface area contributed by atoms with Gasteiger partial charge < -0.3 is 14.6 Å². The van der Waals surface area contributed by atoms with E-state index in [1.165, 1.54) is 15.9 Å². The minimum atomic E-state index is -0.790. The van der Waals surface area contributed by atoms with Gasteiger partial charge in [0.25, 0.3) is 5.56 Å². The highest BCUT2D eigenvalue weighted by atomic mass is 127. The summed E-state index contributed by atoms with van der Waals surface area (Å²) in [5.74, 6) is 0.209. The minimum absolute atomic E-state index is 0.209. The van der Waals surface area contributed by atoms with Crippen molar-refractivity contribution in [1.82, 2.24) is 4.57 Å². The molecule has 0 saturated heterocycles. The maximum absolute atomic E-state index is 13.8. The maximum Gasteiger partial charge on any atom is 0.338 e. The predicted octanol–water partition coefficient (Wildman–Crippen LogP) is 4.87. The number of allylic oxidation sites excluding steroid dienone is 1. The molecule has 1 atom stereocenters. The molecule has 188 valence electrons. The Bertz CT molecular complexity index is 1570. The first-order chi connectivity index (χ1) is 17.0. The number of benzene rings is 2. The van der Waals surface area contributed by atoms with Crippen LogP contribution in [0, 0.1) is 7.14 Å². The molecule has 36 heavy (non-hydrogen) atoms. The molecule has 4 rings (SSSR count). The summed E-state index contributed by atoms with van der Waals surface area (Å²) in [7, 11) is 1.55. The van der Waals surface area contributed by atoms with Crippen LogP contribution in [0.4, 0.5) is 0 Å². The summed E-state index contributed by atoms with van der Waals surface area (Å²) >= 11 is 8.87. The van der Waals surface area contributed by atoms with E-state index in [0.29, 0.717) is 33.5 Å². The monoisotopic (exact) mass is 794 g/mol. The number of esters is 1. The summed E-state index contributed by atoms with van der Waals surface area (Å²) in [6.45, 7) is 5.30. The minimum Gasteiger partial charge on any atom is -0.506 e. The summed E-state index contributed by atoms with van der Waals surface area (Å²) in [5, 5.41) is 10.1. The van der Waals surface area contributed by atoms with Crippen LogP contribution >= 0.6 is 72.4 Å². The summed E-state index contributed by atoms with van der Waals surface area (Å²) < 4.78 is 15.3. The fourth-order valence-electron chi connectivity index (χ4n) is 3.89. The Labute approximate surface area is 247 Å². The highest BCUT2D eigenvalue weighted by Gasteiger charge is 2.35. The van der Waals surface area contributed by atoms with Gasteiger partial charge in [-0.1, -0.05) is 27.3 Å². The Kier molecular flexibility index (Phi) is 8.32. The number of phenols is 1. The Morgan fingerprint density at radius 1 is 1.25 bits per heavy atom. The zero-order valence-electron chi connectivity index (χ0n) is 19.6. The number of carbonyl (C=O) groups excluding carboxylic acids is 1.